The third-order valence-corrected chi connectivity index (χ3v) is 2.78. The zero-order valence-corrected chi connectivity index (χ0v) is 9.35. The van der Waals surface area contributed by atoms with Crippen molar-refractivity contribution < 1.29 is 9.18 Å². The van der Waals surface area contributed by atoms with Crippen molar-refractivity contribution >= 4 is 17.3 Å². The van der Waals surface area contributed by atoms with Gasteiger partial charge in [0.1, 0.15) is 17.6 Å². The van der Waals surface area contributed by atoms with Crippen LogP contribution in [0.1, 0.15) is 10.4 Å². The molecule has 0 spiro atoms. The summed E-state index contributed by atoms with van der Waals surface area (Å²) in [5.41, 5.74) is 2.40. The highest BCUT2D eigenvalue weighted by Crippen LogP contribution is 2.22. The Balaban J connectivity index is 2.13. The van der Waals surface area contributed by atoms with Gasteiger partial charge in [-0.15, -0.1) is 0 Å². The first kappa shape index (κ1) is 10.7. The minimum absolute atomic E-state index is 0.326. The lowest BCUT2D eigenvalue weighted by molar-refractivity contribution is 0.112. The number of para-hydroxylation sites is 1. The smallest absolute Gasteiger partial charge is 0.151 e. The number of nitrogens with zero attached hydrogens (tertiary/aromatic N) is 1. The van der Waals surface area contributed by atoms with Crippen molar-refractivity contribution in [2.45, 2.75) is 0 Å². The molecule has 3 aromatic rings. The number of carbonyl (C=O) groups excluding carboxylic acids is 1. The Hall–Kier alpha value is -2.49. The van der Waals surface area contributed by atoms with E-state index in [1.54, 1.807) is 36.4 Å². The Labute approximate surface area is 102 Å². The molecule has 0 fully saturated rings. The van der Waals surface area contributed by atoms with Crippen molar-refractivity contribution in [3.05, 3.63) is 53.8 Å². The Bertz CT molecular complexity index is 716. The molecule has 0 saturated heterocycles. The number of halogens is 1. The number of H-pyrrole nitrogens is 1. The van der Waals surface area contributed by atoms with Crippen molar-refractivity contribution in [2.24, 2.45) is 0 Å². The van der Waals surface area contributed by atoms with Crippen LogP contribution in [0.2, 0.25) is 0 Å². The van der Waals surface area contributed by atoms with Crippen LogP contribution >= 0.6 is 0 Å². The fourth-order valence-corrected chi connectivity index (χ4v) is 1.85. The van der Waals surface area contributed by atoms with Gasteiger partial charge in [-0.05, 0) is 12.1 Å². The molecule has 1 heterocycles. The Morgan fingerprint density at radius 2 is 1.89 bits per heavy atom. The topological polar surface area (TPSA) is 45.8 Å². The molecular weight excluding hydrogens is 231 g/mol. The molecule has 0 aliphatic rings. The maximum absolute atomic E-state index is 13.5. The number of hydrogen-bond donors (Lipinski definition) is 1. The van der Waals surface area contributed by atoms with Crippen molar-refractivity contribution in [1.82, 2.24) is 9.97 Å². The van der Waals surface area contributed by atoms with E-state index in [9.17, 15) is 9.18 Å². The number of nitrogens with one attached hydrogen (secondary N) is 1. The average molecular weight is 240 g/mol. The standard InChI is InChI=1S/C14H9FN2O/c15-11-2-1-3-12-13(11)17-14(16-12)10-6-4-9(8-18)5-7-10/h1-8H,(H,16,17). The molecule has 3 nitrogen and oxygen atoms in total. The van der Waals surface area contributed by atoms with E-state index in [1.165, 1.54) is 6.07 Å². The molecule has 0 bridgehead atoms. The van der Waals surface area contributed by atoms with Crippen molar-refractivity contribution in [3.8, 4) is 11.4 Å². The Morgan fingerprint density at radius 3 is 2.56 bits per heavy atom. The van der Waals surface area contributed by atoms with Gasteiger partial charge in [-0.25, -0.2) is 9.37 Å². The van der Waals surface area contributed by atoms with Crippen molar-refractivity contribution in [2.75, 3.05) is 0 Å². The summed E-state index contributed by atoms with van der Waals surface area (Å²) in [5, 5.41) is 0. The largest absolute Gasteiger partial charge is 0.338 e. The summed E-state index contributed by atoms with van der Waals surface area (Å²) in [6, 6.07) is 11.7. The number of benzene rings is 2. The normalized spacial score (nSPS) is 10.7. The third-order valence-electron chi connectivity index (χ3n) is 2.78. The Kier molecular flexibility index (Phi) is 2.41. The lowest BCUT2D eigenvalue weighted by Gasteiger charge is -1.96. The number of aldehydes is 1. The number of hydrogen-bond acceptors (Lipinski definition) is 2. The van der Waals surface area contributed by atoms with Crippen molar-refractivity contribution in [1.29, 1.82) is 0 Å². The van der Waals surface area contributed by atoms with Crippen LogP contribution in [-0.4, -0.2) is 16.3 Å². The predicted molar refractivity (Wildman–Crippen MR) is 66.9 cm³/mol. The number of aromatic amines is 1. The van der Waals surface area contributed by atoms with Crippen LogP contribution in [-0.2, 0) is 0 Å². The molecule has 2 aromatic carbocycles. The van der Waals surface area contributed by atoms with Crippen LogP contribution in [0.25, 0.3) is 22.4 Å². The average Bonchev–Trinajstić information content (AvgIpc) is 2.84. The third kappa shape index (κ3) is 1.68. The van der Waals surface area contributed by atoms with Gasteiger partial charge in [0.15, 0.2) is 5.82 Å². The van der Waals surface area contributed by atoms with Crippen LogP contribution < -0.4 is 0 Å². The first-order valence-electron chi connectivity index (χ1n) is 5.48. The molecule has 18 heavy (non-hydrogen) atoms. The first-order chi connectivity index (χ1) is 8.78. The lowest BCUT2D eigenvalue weighted by Crippen LogP contribution is -1.82. The van der Waals surface area contributed by atoms with E-state index >= 15 is 0 Å². The highest BCUT2D eigenvalue weighted by Gasteiger charge is 2.08. The first-order valence-corrected chi connectivity index (χ1v) is 5.48. The highest BCUT2D eigenvalue weighted by atomic mass is 19.1. The van der Waals surface area contributed by atoms with E-state index in [2.05, 4.69) is 9.97 Å². The molecule has 0 atom stereocenters. The fourth-order valence-electron chi connectivity index (χ4n) is 1.85. The summed E-state index contributed by atoms with van der Waals surface area (Å²) < 4.78 is 13.5. The number of carbonyl (C=O) groups is 1. The molecular formula is C14H9FN2O. The molecule has 0 saturated carbocycles. The van der Waals surface area contributed by atoms with Gasteiger partial charge in [0.2, 0.25) is 0 Å². The summed E-state index contributed by atoms with van der Waals surface area (Å²) in [6.07, 6.45) is 0.780. The van der Waals surface area contributed by atoms with Gasteiger partial charge >= 0.3 is 0 Å². The second-order valence-corrected chi connectivity index (χ2v) is 3.96. The highest BCUT2D eigenvalue weighted by molar-refractivity contribution is 5.81. The quantitative estimate of drug-likeness (QED) is 0.699. The molecule has 88 valence electrons. The molecule has 0 radical (unpaired) electrons. The van der Waals surface area contributed by atoms with Gasteiger partial charge in [0.25, 0.3) is 0 Å². The van der Waals surface area contributed by atoms with E-state index in [0.29, 0.717) is 22.4 Å². The summed E-state index contributed by atoms with van der Waals surface area (Å²) in [4.78, 5) is 17.8. The summed E-state index contributed by atoms with van der Waals surface area (Å²) >= 11 is 0. The van der Waals surface area contributed by atoms with Crippen LogP contribution in [0.5, 0.6) is 0 Å². The number of imidazole rings is 1. The van der Waals surface area contributed by atoms with Gasteiger partial charge in [-0.3, -0.25) is 4.79 Å². The molecule has 4 heteroatoms. The van der Waals surface area contributed by atoms with Crippen LogP contribution in [0, 0.1) is 5.82 Å². The van der Waals surface area contributed by atoms with Crippen LogP contribution in [0.3, 0.4) is 0 Å². The maximum Gasteiger partial charge on any atom is 0.151 e. The SMILES string of the molecule is O=Cc1ccc(-c2nc3c(F)cccc3[nH]2)cc1. The van der Waals surface area contributed by atoms with E-state index in [-0.39, 0.29) is 5.82 Å². The molecule has 1 aromatic heterocycles. The maximum atomic E-state index is 13.5. The van der Waals surface area contributed by atoms with E-state index in [1.807, 2.05) is 0 Å². The predicted octanol–water partition coefficient (Wildman–Crippen LogP) is 3.18. The molecule has 0 aliphatic heterocycles. The number of rotatable bonds is 2. The zero-order valence-electron chi connectivity index (χ0n) is 9.35. The summed E-state index contributed by atoms with van der Waals surface area (Å²) in [6.45, 7) is 0. The molecule has 0 unspecified atom stereocenters. The van der Waals surface area contributed by atoms with Crippen LogP contribution in [0.4, 0.5) is 4.39 Å². The van der Waals surface area contributed by atoms with Gasteiger partial charge < -0.3 is 4.98 Å². The van der Waals surface area contributed by atoms with Gasteiger partial charge in [-0.2, -0.15) is 0 Å². The van der Waals surface area contributed by atoms with Gasteiger partial charge in [0, 0.05) is 11.1 Å². The molecule has 1 N–H and O–H groups in total. The van der Waals surface area contributed by atoms with Crippen LogP contribution in [0.15, 0.2) is 42.5 Å². The fraction of sp³-hybridized carbons (Fsp3) is 0. The van der Waals surface area contributed by atoms with E-state index < -0.39 is 0 Å². The summed E-state index contributed by atoms with van der Waals surface area (Å²) in [5.74, 6) is 0.243. The minimum atomic E-state index is -0.348. The summed E-state index contributed by atoms with van der Waals surface area (Å²) in [7, 11) is 0. The van der Waals surface area contributed by atoms with E-state index in [4.69, 9.17) is 0 Å². The Morgan fingerprint density at radius 1 is 1.11 bits per heavy atom. The van der Waals surface area contributed by atoms with Gasteiger partial charge in [0.05, 0.1) is 5.52 Å². The number of aromatic nitrogens is 2. The van der Waals surface area contributed by atoms with Crippen molar-refractivity contribution in [3.63, 3.8) is 0 Å². The minimum Gasteiger partial charge on any atom is -0.338 e. The molecule has 0 aliphatic carbocycles. The number of fused-ring (bicyclic) bond motifs is 1. The molecule has 0 amide bonds. The van der Waals surface area contributed by atoms with Gasteiger partial charge in [-0.1, -0.05) is 30.3 Å². The van der Waals surface area contributed by atoms with E-state index in [0.717, 1.165) is 11.8 Å². The monoisotopic (exact) mass is 240 g/mol. The molecule has 3 rings (SSSR count). The second kappa shape index (κ2) is 4.07. The lowest BCUT2D eigenvalue weighted by atomic mass is 10.1. The second-order valence-electron chi connectivity index (χ2n) is 3.96. The zero-order chi connectivity index (χ0) is 12.5.